The molecule has 0 heterocycles. The number of hydrogen-bond donors (Lipinski definition) is 0. The van der Waals surface area contributed by atoms with Crippen LogP contribution in [-0.2, 0) is 4.79 Å². The van der Waals surface area contributed by atoms with Crippen molar-refractivity contribution in [3.63, 3.8) is 0 Å². The van der Waals surface area contributed by atoms with Crippen molar-refractivity contribution in [2.45, 2.75) is 0 Å². The third-order valence-electron chi connectivity index (χ3n) is 0.846. The fourth-order valence-corrected chi connectivity index (χ4v) is 0.540. The van der Waals surface area contributed by atoms with Gasteiger partial charge < -0.3 is 0 Å². The standard InChI is InChI=1S/C8H9ClO/c1-2-4-8(7-10)5-3-6-9/h2-5,7H,1,6H2/b5-3-,8-4+. The van der Waals surface area contributed by atoms with Gasteiger partial charge in [0.15, 0.2) is 0 Å². The van der Waals surface area contributed by atoms with E-state index in [9.17, 15) is 4.79 Å². The highest BCUT2D eigenvalue weighted by Crippen LogP contribution is 1.92. The Labute approximate surface area is 65.7 Å². The lowest BCUT2D eigenvalue weighted by Gasteiger charge is -1.83. The van der Waals surface area contributed by atoms with Crippen LogP contribution in [0.5, 0.6) is 0 Å². The summed E-state index contributed by atoms with van der Waals surface area (Å²) >= 11 is 5.35. The van der Waals surface area contributed by atoms with E-state index in [0.29, 0.717) is 11.5 Å². The van der Waals surface area contributed by atoms with E-state index in [1.54, 1.807) is 24.3 Å². The first-order valence-corrected chi connectivity index (χ1v) is 3.39. The normalized spacial score (nSPS) is 11.9. The molecule has 0 radical (unpaired) electrons. The molecule has 0 saturated heterocycles. The van der Waals surface area contributed by atoms with Crippen LogP contribution in [0.1, 0.15) is 0 Å². The molecule has 0 atom stereocenters. The molecule has 0 aliphatic rings. The van der Waals surface area contributed by atoms with Crippen LogP contribution < -0.4 is 0 Å². The zero-order valence-corrected chi connectivity index (χ0v) is 6.34. The summed E-state index contributed by atoms with van der Waals surface area (Å²) in [5.41, 5.74) is 0.579. The van der Waals surface area contributed by atoms with Gasteiger partial charge in [-0.25, -0.2) is 0 Å². The number of alkyl halides is 1. The third kappa shape index (κ3) is 4.10. The summed E-state index contributed by atoms with van der Waals surface area (Å²) in [5, 5.41) is 0. The van der Waals surface area contributed by atoms with Gasteiger partial charge in [-0.15, -0.1) is 11.6 Å². The lowest BCUT2D eigenvalue weighted by Crippen LogP contribution is -1.76. The first kappa shape index (κ1) is 9.18. The Morgan fingerprint density at radius 2 is 2.30 bits per heavy atom. The summed E-state index contributed by atoms with van der Waals surface area (Å²) in [6.07, 6.45) is 7.29. The average Bonchev–Trinajstić information content (AvgIpc) is 1.98. The van der Waals surface area contributed by atoms with E-state index in [1.165, 1.54) is 0 Å². The van der Waals surface area contributed by atoms with Crippen LogP contribution in [0.3, 0.4) is 0 Å². The van der Waals surface area contributed by atoms with Crippen molar-refractivity contribution in [1.29, 1.82) is 0 Å². The summed E-state index contributed by atoms with van der Waals surface area (Å²) in [7, 11) is 0. The number of rotatable bonds is 4. The van der Waals surface area contributed by atoms with Crippen LogP contribution >= 0.6 is 11.6 Å². The molecule has 0 aliphatic carbocycles. The van der Waals surface area contributed by atoms with E-state index < -0.39 is 0 Å². The quantitative estimate of drug-likeness (QED) is 0.264. The Hall–Kier alpha value is -0.820. The van der Waals surface area contributed by atoms with Gasteiger partial charge in [-0.1, -0.05) is 30.9 Å². The first-order chi connectivity index (χ1) is 4.85. The van der Waals surface area contributed by atoms with Gasteiger partial charge in [0.2, 0.25) is 0 Å². The molecule has 10 heavy (non-hydrogen) atoms. The molecule has 0 aromatic rings. The van der Waals surface area contributed by atoms with Crippen LogP contribution in [0, 0.1) is 0 Å². The molecular weight excluding hydrogens is 148 g/mol. The molecule has 0 aliphatic heterocycles. The predicted octanol–water partition coefficient (Wildman–Crippen LogP) is 2.09. The van der Waals surface area contributed by atoms with Crippen molar-refractivity contribution in [3.05, 3.63) is 36.5 Å². The Balaban J connectivity index is 4.07. The van der Waals surface area contributed by atoms with Crippen molar-refractivity contribution in [2.75, 3.05) is 5.88 Å². The molecule has 0 saturated carbocycles. The summed E-state index contributed by atoms with van der Waals surface area (Å²) in [4.78, 5) is 10.2. The number of hydrogen-bond acceptors (Lipinski definition) is 1. The lowest BCUT2D eigenvalue weighted by molar-refractivity contribution is -0.104. The summed E-state index contributed by atoms with van der Waals surface area (Å²) in [6, 6.07) is 0. The van der Waals surface area contributed by atoms with Crippen molar-refractivity contribution in [3.8, 4) is 0 Å². The van der Waals surface area contributed by atoms with Gasteiger partial charge in [0.25, 0.3) is 0 Å². The average molecular weight is 157 g/mol. The zero-order chi connectivity index (χ0) is 7.82. The van der Waals surface area contributed by atoms with Crippen LogP contribution in [-0.4, -0.2) is 12.2 Å². The molecular formula is C8H9ClO. The van der Waals surface area contributed by atoms with Crippen molar-refractivity contribution >= 4 is 17.9 Å². The summed E-state index contributed by atoms with van der Waals surface area (Å²) in [5.74, 6) is 0.419. The van der Waals surface area contributed by atoms with Gasteiger partial charge in [0.1, 0.15) is 6.29 Å². The van der Waals surface area contributed by atoms with E-state index >= 15 is 0 Å². The fraction of sp³-hybridized carbons (Fsp3) is 0.125. The van der Waals surface area contributed by atoms with Gasteiger partial charge in [0.05, 0.1) is 0 Å². The Kier molecular flexibility index (Phi) is 5.79. The Morgan fingerprint density at radius 1 is 1.60 bits per heavy atom. The van der Waals surface area contributed by atoms with Gasteiger partial charge >= 0.3 is 0 Å². The molecule has 1 nitrogen and oxygen atoms in total. The fourth-order valence-electron chi connectivity index (χ4n) is 0.451. The minimum atomic E-state index is 0.419. The highest BCUT2D eigenvalue weighted by atomic mass is 35.5. The van der Waals surface area contributed by atoms with Crippen molar-refractivity contribution < 1.29 is 4.79 Å². The van der Waals surface area contributed by atoms with Crippen LogP contribution in [0.15, 0.2) is 36.5 Å². The van der Waals surface area contributed by atoms with E-state index in [1.807, 2.05) is 0 Å². The second-order valence-electron chi connectivity index (χ2n) is 1.58. The van der Waals surface area contributed by atoms with Gasteiger partial charge in [-0.2, -0.15) is 0 Å². The molecule has 2 heteroatoms. The smallest absolute Gasteiger partial charge is 0.150 e. The van der Waals surface area contributed by atoms with Crippen LogP contribution in [0.25, 0.3) is 0 Å². The molecule has 54 valence electrons. The molecule has 0 amide bonds. The summed E-state index contributed by atoms with van der Waals surface area (Å²) < 4.78 is 0. The second-order valence-corrected chi connectivity index (χ2v) is 1.89. The van der Waals surface area contributed by atoms with Crippen LogP contribution in [0.4, 0.5) is 0 Å². The summed E-state index contributed by atoms with van der Waals surface area (Å²) in [6.45, 7) is 3.45. The number of aldehydes is 1. The molecule has 0 aromatic carbocycles. The van der Waals surface area contributed by atoms with E-state index in [2.05, 4.69) is 6.58 Å². The Morgan fingerprint density at radius 3 is 2.70 bits per heavy atom. The molecule has 0 fully saturated rings. The zero-order valence-electron chi connectivity index (χ0n) is 5.59. The highest BCUT2D eigenvalue weighted by Gasteiger charge is 1.82. The third-order valence-corrected chi connectivity index (χ3v) is 1.02. The van der Waals surface area contributed by atoms with Gasteiger partial charge in [-0.3, -0.25) is 4.79 Å². The Bertz CT molecular complexity index is 168. The molecule has 0 N–H and O–H groups in total. The maximum absolute atomic E-state index is 10.2. The maximum Gasteiger partial charge on any atom is 0.150 e. The maximum atomic E-state index is 10.2. The van der Waals surface area contributed by atoms with Crippen molar-refractivity contribution in [2.24, 2.45) is 0 Å². The lowest BCUT2D eigenvalue weighted by atomic mass is 10.2. The minimum Gasteiger partial charge on any atom is -0.298 e. The van der Waals surface area contributed by atoms with Gasteiger partial charge in [0, 0.05) is 11.5 Å². The molecule has 0 rings (SSSR count). The predicted molar refractivity (Wildman–Crippen MR) is 44.2 cm³/mol. The van der Waals surface area contributed by atoms with Crippen LogP contribution in [0.2, 0.25) is 0 Å². The number of carbonyl (C=O) groups excluding carboxylic acids is 1. The number of allylic oxidation sites excluding steroid dienone is 5. The largest absolute Gasteiger partial charge is 0.298 e. The second kappa shape index (κ2) is 6.30. The molecule has 0 spiro atoms. The highest BCUT2D eigenvalue weighted by molar-refractivity contribution is 6.18. The molecule has 0 aromatic heterocycles. The number of halogens is 1. The SMILES string of the molecule is C=C/C=C(C=O)\C=C/CCl. The monoisotopic (exact) mass is 156 g/mol. The van der Waals surface area contributed by atoms with E-state index in [4.69, 9.17) is 11.6 Å². The van der Waals surface area contributed by atoms with E-state index in [-0.39, 0.29) is 0 Å². The topological polar surface area (TPSA) is 17.1 Å². The minimum absolute atomic E-state index is 0.419. The number of carbonyl (C=O) groups is 1. The molecule has 0 bridgehead atoms. The van der Waals surface area contributed by atoms with E-state index in [0.717, 1.165) is 6.29 Å². The van der Waals surface area contributed by atoms with Crippen molar-refractivity contribution in [1.82, 2.24) is 0 Å². The first-order valence-electron chi connectivity index (χ1n) is 2.85. The molecule has 0 unspecified atom stereocenters. The van der Waals surface area contributed by atoms with Gasteiger partial charge in [-0.05, 0) is 0 Å².